The zero-order chi connectivity index (χ0) is 5.44. The molecule has 0 spiro atoms. The van der Waals surface area contributed by atoms with Crippen LogP contribution in [0.4, 0.5) is 0 Å². The van der Waals surface area contributed by atoms with Gasteiger partial charge in [0.25, 0.3) is 0 Å². The summed E-state index contributed by atoms with van der Waals surface area (Å²) in [6.07, 6.45) is 0. The lowest BCUT2D eigenvalue weighted by atomic mass is 11.8. The Bertz CT molecular complexity index is 69.3. The standard InChI is InChI=1S/C2H5Br3Si2/c3-2-6(4)1-7(2)5/h2,6-7H,1H2. The molecular weight excluding hydrogens is 320 g/mol. The van der Waals surface area contributed by atoms with Crippen LogP contribution in [0.25, 0.3) is 0 Å². The minimum absolute atomic E-state index is 0.377. The smallest absolute Gasteiger partial charge is 0.124 e. The lowest BCUT2D eigenvalue weighted by Gasteiger charge is -2.30. The molecule has 2 unspecified atom stereocenters. The molecule has 1 fully saturated rings. The van der Waals surface area contributed by atoms with Crippen molar-refractivity contribution in [2.24, 2.45) is 0 Å². The van der Waals surface area contributed by atoms with Gasteiger partial charge in [-0.3, -0.25) is 0 Å². The second-order valence-corrected chi connectivity index (χ2v) is 17.9. The fourth-order valence-electron chi connectivity index (χ4n) is 0.506. The summed E-state index contributed by atoms with van der Waals surface area (Å²) in [6.45, 7) is 0. The highest BCUT2D eigenvalue weighted by molar-refractivity contribution is 9.30. The number of halogens is 3. The lowest BCUT2D eigenvalue weighted by molar-refractivity contribution is 1.64. The number of hydrogen-bond donors (Lipinski definition) is 0. The molecular formula is C2H5Br3Si2. The first kappa shape index (κ1) is 6.99. The minimum Gasteiger partial charge on any atom is -0.130 e. The number of hydrogen-bond acceptors (Lipinski definition) is 0. The first-order chi connectivity index (χ1) is 3.22. The van der Waals surface area contributed by atoms with Gasteiger partial charge >= 0.3 is 0 Å². The summed E-state index contributed by atoms with van der Waals surface area (Å²) in [5, 5.41) is 0. The normalized spacial score (nSPS) is 51.0. The molecule has 0 bridgehead atoms. The van der Waals surface area contributed by atoms with Crippen LogP contribution in [0.15, 0.2) is 0 Å². The summed E-state index contributed by atoms with van der Waals surface area (Å²) < 4.78 is 0.924. The van der Waals surface area contributed by atoms with Crippen molar-refractivity contribution in [1.29, 1.82) is 0 Å². The van der Waals surface area contributed by atoms with Crippen molar-refractivity contribution in [2.45, 2.75) is 9.74 Å². The van der Waals surface area contributed by atoms with Crippen LogP contribution in [0, 0.1) is 0 Å². The third-order valence-corrected chi connectivity index (χ3v) is 30.5. The summed E-state index contributed by atoms with van der Waals surface area (Å²) in [7, 11) is -0.754. The molecule has 0 aromatic heterocycles. The fourth-order valence-corrected chi connectivity index (χ4v) is 30.5. The summed E-state index contributed by atoms with van der Waals surface area (Å²) in [5.41, 5.74) is 1.52. The zero-order valence-electron chi connectivity index (χ0n) is 3.57. The third-order valence-electron chi connectivity index (χ3n) is 1.14. The fraction of sp³-hybridized carbons (Fsp3) is 1.00. The molecule has 42 valence electrons. The number of rotatable bonds is 0. The van der Waals surface area contributed by atoms with Crippen LogP contribution >= 0.6 is 46.5 Å². The van der Waals surface area contributed by atoms with Crippen LogP contribution < -0.4 is 0 Å². The Balaban J connectivity index is 2.29. The second kappa shape index (κ2) is 2.64. The highest BCUT2D eigenvalue weighted by Gasteiger charge is 2.38. The Morgan fingerprint density at radius 3 is 1.71 bits per heavy atom. The van der Waals surface area contributed by atoms with E-state index in [2.05, 4.69) is 46.5 Å². The van der Waals surface area contributed by atoms with Gasteiger partial charge in [0.2, 0.25) is 0 Å². The predicted molar refractivity (Wildman–Crippen MR) is 49.7 cm³/mol. The van der Waals surface area contributed by atoms with E-state index < -0.39 is 0 Å². The average molecular weight is 325 g/mol. The van der Waals surface area contributed by atoms with Crippen molar-refractivity contribution in [1.82, 2.24) is 0 Å². The molecule has 1 saturated heterocycles. The molecule has 0 nitrogen and oxygen atoms in total. The van der Waals surface area contributed by atoms with E-state index in [9.17, 15) is 0 Å². The maximum atomic E-state index is 3.66. The van der Waals surface area contributed by atoms with E-state index in [1.165, 1.54) is 5.67 Å². The van der Waals surface area contributed by atoms with E-state index in [1.54, 1.807) is 0 Å². The second-order valence-electron chi connectivity index (χ2n) is 1.71. The summed E-state index contributed by atoms with van der Waals surface area (Å²) >= 11 is 10.9. The van der Waals surface area contributed by atoms with Gasteiger partial charge in [-0.05, 0) is 5.67 Å². The molecule has 0 aromatic rings. The molecule has 2 atom stereocenters. The van der Waals surface area contributed by atoms with Gasteiger partial charge in [0.05, 0.1) is 0 Å². The van der Waals surface area contributed by atoms with Crippen LogP contribution in [0.5, 0.6) is 0 Å². The van der Waals surface area contributed by atoms with Crippen molar-refractivity contribution in [2.75, 3.05) is 0 Å². The SMILES string of the molecule is BrC1[SiH](Br)C[SiH]1Br. The molecule has 5 heteroatoms. The van der Waals surface area contributed by atoms with Gasteiger partial charge in [-0.1, -0.05) is 15.9 Å². The quantitative estimate of drug-likeness (QED) is 0.361. The maximum absolute atomic E-state index is 3.66. The number of alkyl halides is 1. The van der Waals surface area contributed by atoms with Crippen molar-refractivity contribution >= 4 is 61.3 Å². The van der Waals surface area contributed by atoms with Crippen molar-refractivity contribution in [3.8, 4) is 0 Å². The minimum atomic E-state index is -0.377. The Kier molecular flexibility index (Phi) is 2.63. The molecule has 0 radical (unpaired) electrons. The average Bonchev–Trinajstić information content (AvgIpc) is 1.68. The Hall–Kier alpha value is 1.87. The Morgan fingerprint density at radius 1 is 1.29 bits per heavy atom. The van der Waals surface area contributed by atoms with Gasteiger partial charge in [-0.2, -0.15) is 0 Å². The first-order valence-electron chi connectivity index (χ1n) is 2.14. The molecule has 0 N–H and O–H groups in total. The topological polar surface area (TPSA) is 0 Å². The van der Waals surface area contributed by atoms with E-state index in [0.717, 1.165) is 4.07 Å². The molecule has 1 aliphatic heterocycles. The predicted octanol–water partition coefficient (Wildman–Crippen LogP) is 1.62. The first-order valence-corrected chi connectivity index (χ1v) is 12.4. The monoisotopic (exact) mass is 322 g/mol. The van der Waals surface area contributed by atoms with E-state index in [0.29, 0.717) is 0 Å². The van der Waals surface area contributed by atoms with Crippen molar-refractivity contribution in [3.63, 3.8) is 0 Å². The van der Waals surface area contributed by atoms with Crippen LogP contribution in [0.2, 0.25) is 5.67 Å². The summed E-state index contributed by atoms with van der Waals surface area (Å²) in [4.78, 5) is 0. The zero-order valence-corrected chi connectivity index (χ0v) is 10.6. The van der Waals surface area contributed by atoms with Crippen molar-refractivity contribution in [3.05, 3.63) is 0 Å². The molecule has 0 aliphatic carbocycles. The highest BCUT2D eigenvalue weighted by atomic mass is 79.9. The molecule has 7 heavy (non-hydrogen) atoms. The van der Waals surface area contributed by atoms with E-state index >= 15 is 0 Å². The molecule has 0 aromatic carbocycles. The van der Waals surface area contributed by atoms with Gasteiger partial charge in [-0.15, -0.1) is 30.6 Å². The largest absolute Gasteiger partial charge is 0.130 e. The van der Waals surface area contributed by atoms with E-state index in [1.807, 2.05) is 0 Å². The van der Waals surface area contributed by atoms with Gasteiger partial charge in [0.15, 0.2) is 0 Å². The van der Waals surface area contributed by atoms with Crippen LogP contribution in [0.1, 0.15) is 0 Å². The van der Waals surface area contributed by atoms with Gasteiger partial charge in [0.1, 0.15) is 14.8 Å². The summed E-state index contributed by atoms with van der Waals surface area (Å²) in [6, 6.07) is 0. The maximum Gasteiger partial charge on any atom is 0.124 e. The molecule has 1 heterocycles. The molecule has 1 rings (SSSR count). The Morgan fingerprint density at radius 2 is 1.71 bits per heavy atom. The van der Waals surface area contributed by atoms with Crippen molar-refractivity contribution < 1.29 is 0 Å². The lowest BCUT2D eigenvalue weighted by Crippen LogP contribution is -2.46. The van der Waals surface area contributed by atoms with Crippen LogP contribution in [-0.2, 0) is 0 Å². The molecule has 0 amide bonds. The molecule has 0 saturated carbocycles. The van der Waals surface area contributed by atoms with Gasteiger partial charge < -0.3 is 0 Å². The summed E-state index contributed by atoms with van der Waals surface area (Å²) in [5.74, 6) is 0. The highest BCUT2D eigenvalue weighted by Crippen LogP contribution is 2.33. The Labute approximate surface area is 70.6 Å². The van der Waals surface area contributed by atoms with Gasteiger partial charge in [-0.25, -0.2) is 0 Å². The van der Waals surface area contributed by atoms with Crippen LogP contribution in [-0.4, -0.2) is 18.9 Å². The van der Waals surface area contributed by atoms with E-state index in [-0.39, 0.29) is 14.8 Å². The van der Waals surface area contributed by atoms with Crippen LogP contribution in [0.3, 0.4) is 0 Å². The van der Waals surface area contributed by atoms with E-state index in [4.69, 9.17) is 0 Å². The van der Waals surface area contributed by atoms with Gasteiger partial charge in [0, 0.05) is 4.07 Å². The molecule has 1 aliphatic rings. The third kappa shape index (κ3) is 1.41.